The van der Waals surface area contributed by atoms with Crippen LogP contribution in [0.5, 0.6) is 0 Å². The number of alkyl carbamates (subject to hydrolysis) is 1. The molecule has 1 aromatic rings. The van der Waals surface area contributed by atoms with Crippen LogP contribution in [-0.2, 0) is 11.3 Å². The second kappa shape index (κ2) is 7.99. The van der Waals surface area contributed by atoms with E-state index in [4.69, 9.17) is 4.74 Å². The van der Waals surface area contributed by atoms with Crippen molar-refractivity contribution in [2.75, 3.05) is 0 Å². The highest BCUT2D eigenvalue weighted by atomic mass is 16.5. The Morgan fingerprint density at radius 1 is 1.12 bits per heavy atom. The van der Waals surface area contributed by atoms with Crippen LogP contribution in [0.25, 0.3) is 0 Å². The number of carbonyl (C=O) groups excluding carboxylic acids is 1. The number of benzene rings is 1. The minimum Gasteiger partial charge on any atom is -0.445 e. The number of ether oxygens (including phenoxy) is 1. The molecule has 0 spiro atoms. The van der Waals surface area contributed by atoms with Gasteiger partial charge in [0.1, 0.15) is 6.61 Å². The Labute approximate surface area is 144 Å². The van der Waals surface area contributed by atoms with Crippen LogP contribution < -0.4 is 10.7 Å². The Morgan fingerprint density at radius 2 is 1.79 bits per heavy atom. The molecule has 1 heterocycles. The summed E-state index contributed by atoms with van der Waals surface area (Å²) in [5.41, 5.74) is 4.67. The highest BCUT2D eigenvalue weighted by Gasteiger charge is 2.34. The zero-order chi connectivity index (χ0) is 16.9. The van der Waals surface area contributed by atoms with Crippen LogP contribution in [-0.4, -0.2) is 35.3 Å². The third kappa shape index (κ3) is 4.48. The summed E-state index contributed by atoms with van der Waals surface area (Å²) in [7, 11) is 0. The summed E-state index contributed by atoms with van der Waals surface area (Å²) in [6.45, 7) is 4.90. The summed E-state index contributed by atoms with van der Waals surface area (Å²) >= 11 is 0. The molecule has 2 N–H and O–H groups in total. The van der Waals surface area contributed by atoms with E-state index in [1.165, 1.54) is 19.3 Å². The summed E-state index contributed by atoms with van der Waals surface area (Å²) in [5.74, 6) is 0. The average molecular weight is 331 g/mol. The fourth-order valence-corrected chi connectivity index (χ4v) is 3.66. The molecule has 1 aromatic carbocycles. The molecule has 24 heavy (non-hydrogen) atoms. The van der Waals surface area contributed by atoms with Crippen molar-refractivity contribution in [3.8, 4) is 0 Å². The molecule has 0 bridgehead atoms. The maximum absolute atomic E-state index is 11.9. The number of hydrogen-bond donors (Lipinski definition) is 2. The first-order chi connectivity index (χ1) is 11.6. The lowest BCUT2D eigenvalue weighted by Gasteiger charge is -2.45. The van der Waals surface area contributed by atoms with E-state index in [-0.39, 0.29) is 12.1 Å². The average Bonchev–Trinajstić information content (AvgIpc) is 2.54. The van der Waals surface area contributed by atoms with Gasteiger partial charge in [-0.25, -0.2) is 9.80 Å². The predicted octanol–water partition coefficient (Wildman–Crippen LogP) is 3.21. The van der Waals surface area contributed by atoms with Crippen LogP contribution in [0.3, 0.4) is 0 Å². The highest BCUT2D eigenvalue weighted by molar-refractivity contribution is 5.67. The normalized spacial score (nSPS) is 30.4. The number of hydrazine groups is 1. The Balaban J connectivity index is 1.34. The molecule has 1 amide bonds. The van der Waals surface area contributed by atoms with Gasteiger partial charge in [0.25, 0.3) is 0 Å². The second-order valence-corrected chi connectivity index (χ2v) is 7.24. The Kier molecular flexibility index (Phi) is 5.74. The summed E-state index contributed by atoms with van der Waals surface area (Å²) in [6.07, 6.45) is 5.46. The van der Waals surface area contributed by atoms with E-state index in [0.29, 0.717) is 24.7 Å². The van der Waals surface area contributed by atoms with Gasteiger partial charge in [-0.15, -0.1) is 0 Å². The van der Waals surface area contributed by atoms with Gasteiger partial charge in [0.2, 0.25) is 0 Å². The zero-order valence-electron chi connectivity index (χ0n) is 14.7. The fourth-order valence-electron chi connectivity index (χ4n) is 3.66. The van der Waals surface area contributed by atoms with Crippen molar-refractivity contribution < 1.29 is 9.53 Å². The van der Waals surface area contributed by atoms with Gasteiger partial charge < -0.3 is 10.1 Å². The number of hydrogen-bond acceptors (Lipinski definition) is 4. The van der Waals surface area contributed by atoms with Crippen molar-refractivity contribution in [3.63, 3.8) is 0 Å². The quantitative estimate of drug-likeness (QED) is 0.870. The lowest BCUT2D eigenvalue weighted by atomic mass is 9.87. The monoisotopic (exact) mass is 331 g/mol. The SMILES string of the molecule is CC1CCCC(C)N1NC1CC(NC(=O)OCc2ccccc2)C1. The summed E-state index contributed by atoms with van der Waals surface area (Å²) in [6, 6.07) is 11.6. The first-order valence-electron chi connectivity index (χ1n) is 9.13. The standard InChI is InChI=1S/C19H29N3O2/c1-14-7-6-8-15(2)22(14)21-18-11-17(12-18)20-19(23)24-13-16-9-4-3-5-10-16/h3-5,9-10,14-15,17-18,21H,6-8,11-13H2,1-2H3,(H,20,23). The van der Waals surface area contributed by atoms with Gasteiger partial charge in [-0.2, -0.15) is 0 Å². The Morgan fingerprint density at radius 3 is 2.46 bits per heavy atom. The zero-order valence-corrected chi connectivity index (χ0v) is 14.7. The van der Waals surface area contributed by atoms with Crippen LogP contribution in [0.4, 0.5) is 4.79 Å². The Hall–Kier alpha value is -1.59. The number of amides is 1. The molecular formula is C19H29N3O2. The van der Waals surface area contributed by atoms with Crippen LogP contribution in [0, 0.1) is 0 Å². The number of rotatable bonds is 5. The van der Waals surface area contributed by atoms with Crippen molar-refractivity contribution in [1.82, 2.24) is 15.8 Å². The van der Waals surface area contributed by atoms with Crippen LogP contribution in [0.2, 0.25) is 0 Å². The lowest BCUT2D eigenvalue weighted by molar-refractivity contribution is 0.00778. The third-order valence-corrected chi connectivity index (χ3v) is 5.20. The van der Waals surface area contributed by atoms with Crippen LogP contribution in [0.1, 0.15) is 51.5 Å². The minimum absolute atomic E-state index is 0.223. The van der Waals surface area contributed by atoms with Gasteiger partial charge >= 0.3 is 6.09 Å². The molecule has 132 valence electrons. The first-order valence-corrected chi connectivity index (χ1v) is 9.13. The molecule has 1 saturated carbocycles. The van der Waals surface area contributed by atoms with Crippen molar-refractivity contribution >= 4 is 6.09 Å². The van der Waals surface area contributed by atoms with Gasteiger partial charge in [-0.05, 0) is 45.1 Å². The molecule has 1 aliphatic carbocycles. The molecule has 1 aliphatic heterocycles. The molecule has 0 radical (unpaired) electrons. The Bertz CT molecular complexity index is 521. The number of nitrogens with zero attached hydrogens (tertiary/aromatic N) is 1. The third-order valence-electron chi connectivity index (χ3n) is 5.20. The van der Waals surface area contributed by atoms with Gasteiger partial charge in [0.05, 0.1) is 0 Å². The van der Waals surface area contributed by atoms with Crippen molar-refractivity contribution in [3.05, 3.63) is 35.9 Å². The van der Waals surface area contributed by atoms with Crippen LogP contribution in [0.15, 0.2) is 30.3 Å². The van der Waals surface area contributed by atoms with E-state index in [1.807, 2.05) is 30.3 Å². The second-order valence-electron chi connectivity index (χ2n) is 7.24. The van der Waals surface area contributed by atoms with E-state index in [0.717, 1.165) is 18.4 Å². The van der Waals surface area contributed by atoms with Gasteiger partial charge in [-0.1, -0.05) is 36.8 Å². The summed E-state index contributed by atoms with van der Waals surface area (Å²) in [5, 5.41) is 5.37. The van der Waals surface area contributed by atoms with Gasteiger partial charge in [0.15, 0.2) is 0 Å². The minimum atomic E-state index is -0.318. The number of carbonyl (C=O) groups is 1. The molecular weight excluding hydrogens is 302 g/mol. The van der Waals surface area contributed by atoms with Crippen molar-refractivity contribution in [2.45, 2.75) is 76.7 Å². The molecule has 1 saturated heterocycles. The van der Waals surface area contributed by atoms with Gasteiger partial charge in [0, 0.05) is 24.2 Å². The van der Waals surface area contributed by atoms with Crippen molar-refractivity contribution in [2.24, 2.45) is 0 Å². The van der Waals surface area contributed by atoms with E-state index in [2.05, 4.69) is 29.6 Å². The molecule has 2 aliphatic rings. The molecule has 5 nitrogen and oxygen atoms in total. The van der Waals surface area contributed by atoms with E-state index < -0.39 is 0 Å². The van der Waals surface area contributed by atoms with Crippen LogP contribution >= 0.6 is 0 Å². The molecule has 2 atom stereocenters. The summed E-state index contributed by atoms with van der Waals surface area (Å²) < 4.78 is 5.27. The molecule has 2 unspecified atom stereocenters. The van der Waals surface area contributed by atoms with Gasteiger partial charge in [-0.3, -0.25) is 5.43 Å². The smallest absolute Gasteiger partial charge is 0.407 e. The number of piperidine rings is 1. The maximum atomic E-state index is 11.9. The molecule has 0 aromatic heterocycles. The van der Waals surface area contributed by atoms with Crippen molar-refractivity contribution in [1.29, 1.82) is 0 Å². The number of nitrogens with one attached hydrogen (secondary N) is 2. The van der Waals surface area contributed by atoms with E-state index in [1.54, 1.807) is 0 Å². The lowest BCUT2D eigenvalue weighted by Crippen LogP contribution is -2.61. The largest absolute Gasteiger partial charge is 0.445 e. The van der Waals surface area contributed by atoms with E-state index >= 15 is 0 Å². The fraction of sp³-hybridized carbons (Fsp3) is 0.632. The summed E-state index contributed by atoms with van der Waals surface area (Å²) in [4.78, 5) is 11.9. The maximum Gasteiger partial charge on any atom is 0.407 e. The highest BCUT2D eigenvalue weighted by Crippen LogP contribution is 2.25. The molecule has 2 fully saturated rings. The topological polar surface area (TPSA) is 53.6 Å². The first kappa shape index (κ1) is 17.2. The molecule has 3 rings (SSSR count). The van der Waals surface area contributed by atoms with E-state index in [9.17, 15) is 4.79 Å². The predicted molar refractivity (Wildman–Crippen MR) is 94.3 cm³/mol. The molecule has 5 heteroatoms.